The fourth-order valence-corrected chi connectivity index (χ4v) is 3.79. The molecule has 0 radical (unpaired) electrons. The zero-order valence-corrected chi connectivity index (χ0v) is 22.1. The summed E-state index contributed by atoms with van der Waals surface area (Å²) in [6.07, 6.45) is 0.533. The molecule has 0 aliphatic heterocycles. The summed E-state index contributed by atoms with van der Waals surface area (Å²) in [7, 11) is 0. The van der Waals surface area contributed by atoms with Crippen molar-refractivity contribution in [3.05, 3.63) is 34.9 Å². The number of aliphatic hydroxyl groups is 1. The van der Waals surface area contributed by atoms with Gasteiger partial charge in [0.1, 0.15) is 17.7 Å². The number of ether oxygens (including phenoxy) is 2. The molecule has 2 unspecified atom stereocenters. The lowest BCUT2D eigenvalue weighted by molar-refractivity contribution is -0.145. The van der Waals surface area contributed by atoms with Crippen molar-refractivity contribution < 1.29 is 33.8 Å². The maximum Gasteiger partial charge on any atom is 0.408 e. The first-order chi connectivity index (χ1) is 16.9. The molecule has 0 aromatic heterocycles. The zero-order valence-electron chi connectivity index (χ0n) is 22.1. The summed E-state index contributed by atoms with van der Waals surface area (Å²) in [6.45, 7) is 10.2. The zero-order chi connectivity index (χ0) is 27.0. The third kappa shape index (κ3) is 8.22. The van der Waals surface area contributed by atoms with Gasteiger partial charge in [-0.15, -0.1) is 0 Å². The van der Waals surface area contributed by atoms with Crippen LogP contribution in [0.25, 0.3) is 0 Å². The minimum Gasteiger partial charge on any atom is -0.466 e. The molecule has 1 saturated carbocycles. The molecule has 36 heavy (non-hydrogen) atoms. The normalized spacial score (nSPS) is 14.9. The van der Waals surface area contributed by atoms with Crippen molar-refractivity contribution in [3.8, 4) is 0 Å². The van der Waals surface area contributed by atoms with Gasteiger partial charge in [0, 0.05) is 12.6 Å². The van der Waals surface area contributed by atoms with E-state index in [0.717, 1.165) is 11.1 Å². The number of carbonyl (C=O) groups excluding carboxylic acids is 4. The Hall–Kier alpha value is -3.14. The molecule has 0 bridgehead atoms. The van der Waals surface area contributed by atoms with E-state index in [4.69, 9.17) is 9.47 Å². The smallest absolute Gasteiger partial charge is 0.408 e. The minimum absolute atomic E-state index is 0.00403. The van der Waals surface area contributed by atoms with Crippen LogP contribution in [0.4, 0.5) is 4.79 Å². The number of carbonyl (C=O) groups is 4. The molecule has 0 heterocycles. The quantitative estimate of drug-likeness (QED) is 0.393. The van der Waals surface area contributed by atoms with E-state index in [-0.39, 0.29) is 25.6 Å². The Kier molecular flexibility index (Phi) is 10.3. The molecular formula is C26H39N3O7. The van der Waals surface area contributed by atoms with E-state index < -0.39 is 48.2 Å². The molecule has 0 spiro atoms. The molecule has 1 aliphatic carbocycles. The van der Waals surface area contributed by atoms with E-state index in [1.54, 1.807) is 33.8 Å². The number of aliphatic hydroxyl groups excluding tert-OH is 1. The monoisotopic (exact) mass is 505 g/mol. The second-order valence-electron chi connectivity index (χ2n) is 9.90. The molecule has 1 fully saturated rings. The fourth-order valence-electron chi connectivity index (χ4n) is 3.79. The maximum absolute atomic E-state index is 13.7. The highest BCUT2D eigenvalue weighted by molar-refractivity contribution is 5.93. The van der Waals surface area contributed by atoms with Crippen LogP contribution >= 0.6 is 0 Å². The molecule has 1 aliphatic rings. The average Bonchev–Trinajstić information content (AvgIpc) is 3.61. The summed E-state index contributed by atoms with van der Waals surface area (Å²) < 4.78 is 10.2. The van der Waals surface area contributed by atoms with Crippen LogP contribution in [-0.2, 0) is 23.9 Å². The van der Waals surface area contributed by atoms with Crippen molar-refractivity contribution in [2.24, 2.45) is 0 Å². The number of nitrogens with zero attached hydrogens (tertiary/aromatic N) is 1. The first kappa shape index (κ1) is 29.1. The van der Waals surface area contributed by atoms with E-state index >= 15 is 0 Å². The van der Waals surface area contributed by atoms with E-state index in [0.29, 0.717) is 18.4 Å². The van der Waals surface area contributed by atoms with Crippen molar-refractivity contribution in [1.29, 1.82) is 0 Å². The van der Waals surface area contributed by atoms with Gasteiger partial charge in [0.2, 0.25) is 11.8 Å². The second kappa shape index (κ2) is 12.7. The highest BCUT2D eigenvalue weighted by Crippen LogP contribution is 2.37. The Balaban J connectivity index is 2.36. The van der Waals surface area contributed by atoms with E-state index in [9.17, 15) is 24.3 Å². The number of nitrogens with one attached hydrogen (secondary N) is 2. The number of aryl methyl sites for hydroxylation is 1. The number of amides is 3. The summed E-state index contributed by atoms with van der Waals surface area (Å²) in [5, 5.41) is 15.2. The van der Waals surface area contributed by atoms with Crippen LogP contribution in [0.2, 0.25) is 0 Å². The van der Waals surface area contributed by atoms with Crippen molar-refractivity contribution in [1.82, 2.24) is 15.5 Å². The third-order valence-corrected chi connectivity index (χ3v) is 5.77. The maximum atomic E-state index is 13.7. The molecule has 0 saturated heterocycles. The lowest BCUT2D eigenvalue weighted by atomic mass is 9.95. The summed E-state index contributed by atoms with van der Waals surface area (Å²) in [4.78, 5) is 52.7. The molecule has 3 N–H and O–H groups in total. The Morgan fingerprint density at radius 3 is 2.39 bits per heavy atom. The Morgan fingerprint density at radius 1 is 1.17 bits per heavy atom. The third-order valence-electron chi connectivity index (χ3n) is 5.77. The van der Waals surface area contributed by atoms with Gasteiger partial charge >= 0.3 is 12.1 Å². The SMILES string of the molecule is CCOC(=O)CCNC(=O)C(c1cccc(C)c1C)N(C(=O)C(CO)NC(=O)OC(C)(C)C)C1CC1. The summed E-state index contributed by atoms with van der Waals surface area (Å²) in [5.41, 5.74) is 1.65. The molecular weight excluding hydrogens is 466 g/mol. The van der Waals surface area contributed by atoms with Crippen LogP contribution in [0.1, 0.15) is 69.7 Å². The number of hydrogen-bond donors (Lipinski definition) is 3. The highest BCUT2D eigenvalue weighted by Gasteiger charge is 2.44. The molecule has 3 amide bonds. The van der Waals surface area contributed by atoms with Gasteiger partial charge in [0.25, 0.3) is 0 Å². The number of benzene rings is 1. The Morgan fingerprint density at radius 2 is 1.83 bits per heavy atom. The van der Waals surface area contributed by atoms with Crippen LogP contribution in [0, 0.1) is 13.8 Å². The standard InChI is InChI=1S/C26H39N3O7/c1-7-35-21(31)13-14-27-23(32)22(19-10-8-9-16(2)17(19)3)29(18-11-12-18)24(33)20(15-30)28-25(34)36-26(4,5)6/h8-10,18,20,22,30H,7,11-15H2,1-6H3,(H,27,32)(H,28,34). The van der Waals surface area contributed by atoms with Gasteiger partial charge in [-0.3, -0.25) is 14.4 Å². The predicted molar refractivity (Wildman–Crippen MR) is 133 cm³/mol. The lowest BCUT2D eigenvalue weighted by Crippen LogP contribution is -2.55. The predicted octanol–water partition coefficient (Wildman–Crippen LogP) is 2.29. The molecule has 2 rings (SSSR count). The summed E-state index contributed by atoms with van der Waals surface area (Å²) >= 11 is 0. The van der Waals surface area contributed by atoms with Crippen LogP contribution in [0.15, 0.2) is 18.2 Å². The molecule has 1 aromatic carbocycles. The molecule has 2 atom stereocenters. The van der Waals surface area contributed by atoms with E-state index in [1.165, 1.54) is 4.90 Å². The van der Waals surface area contributed by atoms with Crippen molar-refractivity contribution in [3.63, 3.8) is 0 Å². The molecule has 1 aromatic rings. The van der Waals surface area contributed by atoms with Crippen LogP contribution in [0.5, 0.6) is 0 Å². The summed E-state index contributed by atoms with van der Waals surface area (Å²) in [6, 6.07) is 2.98. The van der Waals surface area contributed by atoms with Gasteiger partial charge in [-0.25, -0.2) is 4.79 Å². The van der Waals surface area contributed by atoms with Gasteiger partial charge in [-0.05, 0) is 71.1 Å². The highest BCUT2D eigenvalue weighted by atomic mass is 16.6. The van der Waals surface area contributed by atoms with Crippen LogP contribution < -0.4 is 10.6 Å². The number of alkyl carbamates (subject to hydrolysis) is 1. The molecule has 10 heteroatoms. The Bertz CT molecular complexity index is 953. The Labute approximate surface area is 212 Å². The largest absolute Gasteiger partial charge is 0.466 e. The molecule has 200 valence electrons. The first-order valence-corrected chi connectivity index (χ1v) is 12.3. The van der Waals surface area contributed by atoms with Gasteiger partial charge < -0.3 is 30.1 Å². The van der Waals surface area contributed by atoms with E-state index in [1.807, 2.05) is 26.0 Å². The summed E-state index contributed by atoms with van der Waals surface area (Å²) in [5.74, 6) is -1.47. The first-order valence-electron chi connectivity index (χ1n) is 12.3. The van der Waals surface area contributed by atoms with Crippen LogP contribution in [0.3, 0.4) is 0 Å². The van der Waals surface area contributed by atoms with E-state index in [2.05, 4.69) is 10.6 Å². The van der Waals surface area contributed by atoms with Gasteiger partial charge in [0.05, 0.1) is 19.6 Å². The van der Waals surface area contributed by atoms with Gasteiger partial charge in [-0.1, -0.05) is 18.2 Å². The number of esters is 1. The fraction of sp³-hybridized carbons (Fsp3) is 0.615. The lowest BCUT2D eigenvalue weighted by Gasteiger charge is -2.35. The van der Waals surface area contributed by atoms with Crippen molar-refractivity contribution >= 4 is 23.9 Å². The topological polar surface area (TPSA) is 134 Å². The average molecular weight is 506 g/mol. The molecule has 10 nitrogen and oxygen atoms in total. The minimum atomic E-state index is -1.29. The van der Waals surface area contributed by atoms with Crippen molar-refractivity contribution in [2.45, 2.75) is 84.5 Å². The van der Waals surface area contributed by atoms with Crippen molar-refractivity contribution in [2.75, 3.05) is 19.8 Å². The number of rotatable bonds is 11. The van der Waals surface area contributed by atoms with Crippen LogP contribution in [-0.4, -0.2) is 71.3 Å². The number of hydrogen-bond acceptors (Lipinski definition) is 7. The van der Waals surface area contributed by atoms with Gasteiger partial charge in [-0.2, -0.15) is 0 Å². The van der Waals surface area contributed by atoms with Gasteiger partial charge in [0.15, 0.2) is 0 Å². The second-order valence-corrected chi connectivity index (χ2v) is 9.90.